The number of carbonyl (C=O) groups excluding carboxylic acids is 3. The molecule has 4 heterocycles. The van der Waals surface area contributed by atoms with E-state index in [2.05, 4.69) is 10.6 Å². The SMILES string of the molecule is O=C1NCC2(CCCN(C(=O)NC3CCN(C(=O)c4ccco4)CC3)CC2)O1. The largest absolute Gasteiger partial charge is 0.459 e. The average Bonchev–Trinajstić information content (AvgIpc) is 3.30. The molecule has 1 aromatic heterocycles. The molecule has 0 aliphatic carbocycles. The number of likely N-dealkylation sites (tertiary alicyclic amines) is 2. The van der Waals surface area contributed by atoms with E-state index in [0.29, 0.717) is 44.9 Å². The van der Waals surface area contributed by atoms with Crippen LogP contribution < -0.4 is 10.6 Å². The molecule has 9 heteroatoms. The fraction of sp³-hybridized carbons (Fsp3) is 0.632. The summed E-state index contributed by atoms with van der Waals surface area (Å²) in [6, 6.07) is 3.34. The van der Waals surface area contributed by atoms with Crippen LogP contribution in [0.25, 0.3) is 0 Å². The molecule has 0 bridgehead atoms. The van der Waals surface area contributed by atoms with Crippen LogP contribution in [0, 0.1) is 0 Å². The Kier molecular flexibility index (Phi) is 5.15. The van der Waals surface area contributed by atoms with E-state index in [4.69, 9.17) is 9.15 Å². The van der Waals surface area contributed by atoms with Gasteiger partial charge in [-0.2, -0.15) is 0 Å². The number of amides is 4. The molecule has 0 radical (unpaired) electrons. The lowest BCUT2D eigenvalue weighted by Crippen LogP contribution is -2.50. The average molecular weight is 390 g/mol. The van der Waals surface area contributed by atoms with Gasteiger partial charge >= 0.3 is 12.1 Å². The highest BCUT2D eigenvalue weighted by atomic mass is 16.6. The van der Waals surface area contributed by atoms with Crippen molar-refractivity contribution in [2.45, 2.75) is 43.7 Å². The third-order valence-electron chi connectivity index (χ3n) is 5.89. The van der Waals surface area contributed by atoms with Crippen molar-refractivity contribution in [2.75, 3.05) is 32.7 Å². The molecule has 3 aliphatic heterocycles. The van der Waals surface area contributed by atoms with Gasteiger partial charge in [-0.25, -0.2) is 9.59 Å². The fourth-order valence-electron chi connectivity index (χ4n) is 4.20. The smallest absolute Gasteiger partial charge is 0.407 e. The summed E-state index contributed by atoms with van der Waals surface area (Å²) in [6.07, 6.45) is 4.79. The number of nitrogens with one attached hydrogen (secondary N) is 2. The minimum atomic E-state index is -0.469. The van der Waals surface area contributed by atoms with Crippen molar-refractivity contribution < 1.29 is 23.5 Å². The summed E-state index contributed by atoms with van der Waals surface area (Å²) in [6.45, 7) is 2.92. The molecule has 3 fully saturated rings. The van der Waals surface area contributed by atoms with Crippen molar-refractivity contribution in [3.63, 3.8) is 0 Å². The first-order valence-corrected chi connectivity index (χ1v) is 9.90. The number of piperidine rings is 1. The minimum Gasteiger partial charge on any atom is -0.459 e. The molecule has 1 unspecified atom stereocenters. The summed E-state index contributed by atoms with van der Waals surface area (Å²) in [7, 11) is 0. The summed E-state index contributed by atoms with van der Waals surface area (Å²) in [5.41, 5.74) is -0.469. The van der Waals surface area contributed by atoms with Crippen molar-refractivity contribution in [3.8, 4) is 0 Å². The van der Waals surface area contributed by atoms with E-state index >= 15 is 0 Å². The molecule has 152 valence electrons. The van der Waals surface area contributed by atoms with Gasteiger partial charge in [0.25, 0.3) is 5.91 Å². The summed E-state index contributed by atoms with van der Waals surface area (Å²) in [4.78, 5) is 40.0. The molecule has 1 atom stereocenters. The van der Waals surface area contributed by atoms with Crippen LogP contribution >= 0.6 is 0 Å². The maximum atomic E-state index is 12.7. The lowest BCUT2D eigenvalue weighted by Gasteiger charge is -2.33. The monoisotopic (exact) mass is 390 g/mol. The van der Waals surface area contributed by atoms with Crippen molar-refractivity contribution in [3.05, 3.63) is 24.2 Å². The van der Waals surface area contributed by atoms with Crippen LogP contribution in [-0.4, -0.2) is 72.2 Å². The van der Waals surface area contributed by atoms with Crippen LogP contribution in [-0.2, 0) is 4.74 Å². The van der Waals surface area contributed by atoms with Crippen LogP contribution in [0.2, 0.25) is 0 Å². The molecule has 2 N–H and O–H groups in total. The third-order valence-corrected chi connectivity index (χ3v) is 5.89. The highest BCUT2D eigenvalue weighted by Gasteiger charge is 2.42. The molecule has 3 saturated heterocycles. The molecule has 0 saturated carbocycles. The number of carbonyl (C=O) groups is 3. The number of hydrogen-bond donors (Lipinski definition) is 2. The van der Waals surface area contributed by atoms with E-state index in [1.807, 2.05) is 0 Å². The van der Waals surface area contributed by atoms with Crippen LogP contribution in [0.1, 0.15) is 42.7 Å². The zero-order chi connectivity index (χ0) is 19.6. The van der Waals surface area contributed by atoms with Crippen LogP contribution in [0.5, 0.6) is 0 Å². The predicted octanol–water partition coefficient (Wildman–Crippen LogP) is 1.56. The van der Waals surface area contributed by atoms with E-state index in [9.17, 15) is 14.4 Å². The summed E-state index contributed by atoms with van der Waals surface area (Å²) < 4.78 is 10.6. The lowest BCUT2D eigenvalue weighted by molar-refractivity contribution is 0.0453. The Morgan fingerprint density at radius 1 is 1.14 bits per heavy atom. The van der Waals surface area contributed by atoms with Gasteiger partial charge in [0.2, 0.25) is 0 Å². The van der Waals surface area contributed by atoms with Gasteiger partial charge in [0, 0.05) is 38.6 Å². The zero-order valence-electron chi connectivity index (χ0n) is 15.8. The Morgan fingerprint density at radius 3 is 2.64 bits per heavy atom. The Bertz CT molecular complexity index is 729. The number of furan rings is 1. The van der Waals surface area contributed by atoms with Crippen molar-refractivity contribution in [2.24, 2.45) is 0 Å². The molecule has 4 amide bonds. The predicted molar refractivity (Wildman–Crippen MR) is 98.8 cm³/mol. The number of nitrogens with zero attached hydrogens (tertiary/aromatic N) is 2. The van der Waals surface area contributed by atoms with Crippen molar-refractivity contribution >= 4 is 18.0 Å². The van der Waals surface area contributed by atoms with Crippen LogP contribution in [0.4, 0.5) is 9.59 Å². The summed E-state index contributed by atoms with van der Waals surface area (Å²) >= 11 is 0. The van der Waals surface area contributed by atoms with Gasteiger partial charge in [-0.3, -0.25) is 4.79 Å². The van der Waals surface area contributed by atoms with Gasteiger partial charge in [0.1, 0.15) is 5.60 Å². The topological polar surface area (TPSA) is 104 Å². The van der Waals surface area contributed by atoms with Crippen LogP contribution in [0.3, 0.4) is 0 Å². The zero-order valence-corrected chi connectivity index (χ0v) is 15.8. The van der Waals surface area contributed by atoms with Crippen molar-refractivity contribution in [1.82, 2.24) is 20.4 Å². The van der Waals surface area contributed by atoms with Gasteiger partial charge in [-0.05, 0) is 37.8 Å². The second-order valence-corrected chi connectivity index (χ2v) is 7.76. The maximum Gasteiger partial charge on any atom is 0.407 e. The Morgan fingerprint density at radius 2 is 1.96 bits per heavy atom. The molecule has 9 nitrogen and oxygen atoms in total. The lowest BCUT2D eigenvalue weighted by atomic mass is 9.95. The Hall–Kier alpha value is -2.71. The van der Waals surface area contributed by atoms with Crippen LogP contribution in [0.15, 0.2) is 22.8 Å². The normalized spacial score (nSPS) is 25.9. The molecular formula is C19H26N4O5. The molecule has 28 heavy (non-hydrogen) atoms. The molecule has 3 aliphatic rings. The number of alkyl carbamates (subject to hydrolysis) is 1. The quantitative estimate of drug-likeness (QED) is 0.798. The summed E-state index contributed by atoms with van der Waals surface area (Å²) in [5.74, 6) is 0.246. The number of hydrogen-bond acceptors (Lipinski definition) is 5. The standard InChI is InChI=1S/C19H26N4O5/c24-16(15-3-1-12-27-15)22-9-4-14(5-10-22)21-17(25)23-8-2-6-19(7-11-23)13-20-18(26)28-19/h1,3,12,14H,2,4-11,13H2,(H,20,26)(H,21,25). The first-order valence-electron chi connectivity index (χ1n) is 9.90. The van der Waals surface area contributed by atoms with Gasteiger partial charge < -0.3 is 29.6 Å². The Labute approximate surface area is 163 Å². The Balaban J connectivity index is 1.24. The second-order valence-electron chi connectivity index (χ2n) is 7.76. The maximum absolute atomic E-state index is 12.7. The number of urea groups is 1. The van der Waals surface area contributed by atoms with Gasteiger partial charge in [0.15, 0.2) is 5.76 Å². The van der Waals surface area contributed by atoms with Gasteiger partial charge in [-0.1, -0.05) is 0 Å². The van der Waals surface area contributed by atoms with E-state index in [1.165, 1.54) is 6.26 Å². The minimum absolute atomic E-state index is 0.0522. The van der Waals surface area contributed by atoms with Crippen molar-refractivity contribution in [1.29, 1.82) is 0 Å². The number of rotatable bonds is 2. The molecule has 0 aromatic carbocycles. The highest BCUT2D eigenvalue weighted by Crippen LogP contribution is 2.29. The highest BCUT2D eigenvalue weighted by molar-refractivity contribution is 5.91. The van der Waals surface area contributed by atoms with E-state index in [-0.39, 0.29) is 24.1 Å². The molecule has 1 aromatic rings. The fourth-order valence-corrected chi connectivity index (χ4v) is 4.20. The van der Waals surface area contributed by atoms with E-state index in [0.717, 1.165) is 25.7 Å². The number of ether oxygens (including phenoxy) is 1. The molecule has 1 spiro atoms. The third kappa shape index (κ3) is 3.93. The van der Waals surface area contributed by atoms with E-state index < -0.39 is 5.60 Å². The molecule has 4 rings (SSSR count). The van der Waals surface area contributed by atoms with Gasteiger partial charge in [-0.15, -0.1) is 0 Å². The van der Waals surface area contributed by atoms with E-state index in [1.54, 1.807) is 21.9 Å². The first-order chi connectivity index (χ1) is 13.5. The second kappa shape index (κ2) is 7.73. The van der Waals surface area contributed by atoms with Gasteiger partial charge in [0.05, 0.1) is 12.8 Å². The summed E-state index contributed by atoms with van der Waals surface area (Å²) in [5, 5.41) is 5.82. The molecular weight excluding hydrogens is 364 g/mol. The first kappa shape index (κ1) is 18.6.